The molecule has 0 aliphatic heterocycles. The first kappa shape index (κ1) is 17.8. The molecule has 4 heterocycles. The molecule has 0 aromatic carbocycles. The van der Waals surface area contributed by atoms with Gasteiger partial charge in [-0.25, -0.2) is 19.9 Å². The van der Waals surface area contributed by atoms with Gasteiger partial charge in [-0.2, -0.15) is 0 Å². The molecule has 4 aromatic heterocycles. The normalized spacial score (nSPS) is 11.0. The van der Waals surface area contributed by atoms with E-state index in [0.29, 0.717) is 11.8 Å². The number of aromatic nitrogens is 6. The molecule has 0 fully saturated rings. The maximum atomic E-state index is 4.33. The van der Waals surface area contributed by atoms with E-state index in [9.17, 15) is 0 Å². The summed E-state index contributed by atoms with van der Waals surface area (Å²) in [5, 5.41) is 2.05. The Bertz CT molecular complexity index is 930. The molecular weight excluding hydrogens is 324 g/mol. The van der Waals surface area contributed by atoms with Gasteiger partial charge in [-0.3, -0.25) is 9.97 Å². The second-order valence-electron chi connectivity index (χ2n) is 6.69. The van der Waals surface area contributed by atoms with Crippen LogP contribution in [0.5, 0.6) is 0 Å². The van der Waals surface area contributed by atoms with Crippen molar-refractivity contribution in [2.24, 2.45) is 0 Å². The average Bonchev–Trinajstić information content (AvgIpc) is 2.67. The van der Waals surface area contributed by atoms with Crippen LogP contribution in [0.15, 0.2) is 49.6 Å². The van der Waals surface area contributed by atoms with Crippen molar-refractivity contribution in [3.8, 4) is 0 Å². The van der Waals surface area contributed by atoms with E-state index in [1.807, 2.05) is 24.5 Å². The Morgan fingerprint density at radius 2 is 1.15 bits per heavy atom. The molecule has 0 atom stereocenters. The Morgan fingerprint density at radius 3 is 1.85 bits per heavy atom. The van der Waals surface area contributed by atoms with E-state index in [2.05, 4.69) is 57.6 Å². The zero-order valence-electron chi connectivity index (χ0n) is 15.5. The van der Waals surface area contributed by atoms with Gasteiger partial charge in [-0.05, 0) is 24.0 Å². The minimum Gasteiger partial charge on any atom is -0.260 e. The topological polar surface area (TPSA) is 77.3 Å². The van der Waals surface area contributed by atoms with E-state index in [1.165, 1.54) is 0 Å². The number of hydrogen-bond donors (Lipinski definition) is 0. The van der Waals surface area contributed by atoms with E-state index in [0.717, 1.165) is 33.2 Å². The zero-order chi connectivity index (χ0) is 18.5. The Morgan fingerprint density at radius 1 is 0.577 bits per heavy atom. The molecule has 4 rings (SSSR count). The van der Waals surface area contributed by atoms with Crippen LogP contribution < -0.4 is 0 Å². The summed E-state index contributed by atoms with van der Waals surface area (Å²) >= 11 is 0. The minimum atomic E-state index is 0.444. The predicted octanol–water partition coefficient (Wildman–Crippen LogP) is 4.30. The largest absolute Gasteiger partial charge is 0.260 e. The smallest absolute Gasteiger partial charge is 0.116 e. The first-order valence-electron chi connectivity index (χ1n) is 8.66. The van der Waals surface area contributed by atoms with Crippen LogP contribution in [0, 0.1) is 0 Å². The fourth-order valence-electron chi connectivity index (χ4n) is 2.42. The van der Waals surface area contributed by atoms with Gasteiger partial charge in [0.1, 0.15) is 12.7 Å². The van der Waals surface area contributed by atoms with Gasteiger partial charge in [0.2, 0.25) is 0 Å². The Labute approximate surface area is 152 Å². The van der Waals surface area contributed by atoms with Gasteiger partial charge in [0, 0.05) is 40.8 Å². The SMILES string of the molecule is CC(C)c1cc2cncnc2cn1.CC(C)c1cc2ncncc2cn1. The summed E-state index contributed by atoms with van der Waals surface area (Å²) in [6.07, 6.45) is 10.3. The second kappa shape index (κ2) is 7.91. The van der Waals surface area contributed by atoms with Crippen molar-refractivity contribution in [1.82, 2.24) is 29.9 Å². The van der Waals surface area contributed by atoms with Crippen molar-refractivity contribution >= 4 is 21.8 Å². The lowest BCUT2D eigenvalue weighted by Gasteiger charge is -2.04. The number of pyridine rings is 2. The monoisotopic (exact) mass is 346 g/mol. The molecule has 0 aliphatic rings. The van der Waals surface area contributed by atoms with Crippen molar-refractivity contribution in [3.63, 3.8) is 0 Å². The number of hydrogen-bond acceptors (Lipinski definition) is 6. The van der Waals surface area contributed by atoms with Gasteiger partial charge in [0.05, 0.1) is 17.2 Å². The lowest BCUT2D eigenvalue weighted by atomic mass is 10.1. The molecule has 132 valence electrons. The highest BCUT2D eigenvalue weighted by atomic mass is 14.8. The maximum absolute atomic E-state index is 4.33. The predicted molar refractivity (Wildman–Crippen MR) is 103 cm³/mol. The van der Waals surface area contributed by atoms with Crippen LogP contribution >= 0.6 is 0 Å². The molecule has 0 bridgehead atoms. The first-order valence-corrected chi connectivity index (χ1v) is 8.66. The average molecular weight is 346 g/mol. The lowest BCUT2D eigenvalue weighted by molar-refractivity contribution is 0.825. The van der Waals surface area contributed by atoms with E-state index in [4.69, 9.17) is 0 Å². The molecule has 0 radical (unpaired) electrons. The summed E-state index contributed by atoms with van der Waals surface area (Å²) in [5.74, 6) is 0.893. The fraction of sp³-hybridized carbons (Fsp3) is 0.300. The van der Waals surface area contributed by atoms with Crippen molar-refractivity contribution < 1.29 is 0 Å². The van der Waals surface area contributed by atoms with Crippen LogP contribution in [-0.2, 0) is 0 Å². The second-order valence-corrected chi connectivity index (χ2v) is 6.69. The van der Waals surface area contributed by atoms with Crippen LogP contribution in [0.25, 0.3) is 21.8 Å². The Hall–Kier alpha value is -3.02. The summed E-state index contributed by atoms with van der Waals surface area (Å²) < 4.78 is 0. The minimum absolute atomic E-state index is 0.444. The number of nitrogens with zero attached hydrogens (tertiary/aromatic N) is 6. The third-order valence-corrected chi connectivity index (χ3v) is 4.01. The van der Waals surface area contributed by atoms with E-state index in [1.54, 1.807) is 25.0 Å². The molecule has 6 nitrogen and oxygen atoms in total. The van der Waals surface area contributed by atoms with E-state index >= 15 is 0 Å². The van der Waals surface area contributed by atoms with Crippen LogP contribution in [0.3, 0.4) is 0 Å². The third-order valence-electron chi connectivity index (χ3n) is 4.01. The highest BCUT2D eigenvalue weighted by Crippen LogP contribution is 2.16. The highest BCUT2D eigenvalue weighted by Gasteiger charge is 2.03. The quantitative estimate of drug-likeness (QED) is 0.538. The molecule has 0 saturated carbocycles. The van der Waals surface area contributed by atoms with Gasteiger partial charge in [-0.15, -0.1) is 0 Å². The molecular formula is C20H22N6. The van der Waals surface area contributed by atoms with Crippen molar-refractivity contribution in [2.45, 2.75) is 39.5 Å². The lowest BCUT2D eigenvalue weighted by Crippen LogP contribution is -1.92. The zero-order valence-corrected chi connectivity index (χ0v) is 15.5. The molecule has 0 amide bonds. The molecule has 0 spiro atoms. The van der Waals surface area contributed by atoms with Gasteiger partial charge < -0.3 is 0 Å². The summed E-state index contributed by atoms with van der Waals surface area (Å²) in [6.45, 7) is 8.49. The molecule has 0 unspecified atom stereocenters. The number of rotatable bonds is 2. The van der Waals surface area contributed by atoms with Crippen LogP contribution in [0.1, 0.15) is 50.9 Å². The molecule has 4 aromatic rings. The standard InChI is InChI=1S/2C10H11N3/c1-7(2)9-3-10-8(5-12-9)4-11-6-13-10;1-7(2)9-3-8-4-11-6-13-10(8)5-12-9/h2*3-7H,1-2H3. The highest BCUT2D eigenvalue weighted by molar-refractivity contribution is 5.77. The Kier molecular flexibility index (Phi) is 5.41. The summed E-state index contributed by atoms with van der Waals surface area (Å²) in [6, 6.07) is 4.06. The molecule has 0 saturated heterocycles. The van der Waals surface area contributed by atoms with E-state index < -0.39 is 0 Å². The van der Waals surface area contributed by atoms with Crippen LogP contribution in [0.4, 0.5) is 0 Å². The van der Waals surface area contributed by atoms with Gasteiger partial charge in [0.15, 0.2) is 0 Å². The summed E-state index contributed by atoms with van der Waals surface area (Å²) in [5.41, 5.74) is 4.03. The molecule has 0 aliphatic carbocycles. The first-order chi connectivity index (χ1) is 12.5. The van der Waals surface area contributed by atoms with Gasteiger partial charge >= 0.3 is 0 Å². The molecule has 26 heavy (non-hydrogen) atoms. The molecule has 6 heteroatoms. The van der Waals surface area contributed by atoms with Crippen molar-refractivity contribution in [3.05, 3.63) is 61.0 Å². The summed E-state index contributed by atoms with van der Waals surface area (Å²) in [7, 11) is 0. The van der Waals surface area contributed by atoms with Crippen LogP contribution in [0.2, 0.25) is 0 Å². The summed E-state index contributed by atoms with van der Waals surface area (Å²) in [4.78, 5) is 24.8. The Balaban J connectivity index is 0.000000151. The van der Waals surface area contributed by atoms with Crippen molar-refractivity contribution in [2.75, 3.05) is 0 Å². The van der Waals surface area contributed by atoms with Crippen LogP contribution in [-0.4, -0.2) is 29.9 Å². The van der Waals surface area contributed by atoms with E-state index in [-0.39, 0.29) is 0 Å². The number of fused-ring (bicyclic) bond motifs is 2. The fourth-order valence-corrected chi connectivity index (χ4v) is 2.42. The van der Waals surface area contributed by atoms with Gasteiger partial charge in [-0.1, -0.05) is 27.7 Å². The third kappa shape index (κ3) is 4.14. The van der Waals surface area contributed by atoms with Crippen molar-refractivity contribution in [1.29, 1.82) is 0 Å². The maximum Gasteiger partial charge on any atom is 0.116 e. The molecule has 0 N–H and O–H groups in total. The van der Waals surface area contributed by atoms with Gasteiger partial charge in [0.25, 0.3) is 0 Å².